The molecule has 16 heavy (non-hydrogen) atoms. The second-order valence-corrected chi connectivity index (χ2v) is 4.12. The van der Waals surface area contributed by atoms with Crippen LogP contribution in [0.5, 0.6) is 0 Å². The number of aryl methyl sites for hydroxylation is 1. The minimum absolute atomic E-state index is 0.395. The topological polar surface area (TPSA) is 38.0 Å². The van der Waals surface area contributed by atoms with Crippen LogP contribution in [0.15, 0.2) is 36.7 Å². The van der Waals surface area contributed by atoms with E-state index in [4.69, 9.17) is 11.6 Å². The summed E-state index contributed by atoms with van der Waals surface area (Å²) < 4.78 is 1.72. The predicted molar refractivity (Wildman–Crippen MR) is 63.4 cm³/mol. The van der Waals surface area contributed by atoms with Crippen LogP contribution >= 0.6 is 11.6 Å². The van der Waals surface area contributed by atoms with Crippen LogP contribution in [-0.4, -0.2) is 14.7 Å². The van der Waals surface area contributed by atoms with Crippen molar-refractivity contribution in [2.75, 3.05) is 0 Å². The summed E-state index contributed by atoms with van der Waals surface area (Å²) in [5, 5.41) is 10.4. The van der Waals surface area contributed by atoms with Crippen LogP contribution in [0.4, 0.5) is 0 Å². The van der Waals surface area contributed by atoms with Gasteiger partial charge in [0.15, 0.2) is 0 Å². The zero-order chi connectivity index (χ0) is 11.5. The summed E-state index contributed by atoms with van der Waals surface area (Å²) in [5.74, 6) is 0. The molecule has 0 aliphatic carbocycles. The summed E-state index contributed by atoms with van der Waals surface area (Å²) in [6.45, 7) is 2.42. The van der Waals surface area contributed by atoms with Gasteiger partial charge in [0.05, 0.1) is 12.6 Å². The van der Waals surface area contributed by atoms with Gasteiger partial charge in [0.1, 0.15) is 0 Å². The molecule has 0 saturated heterocycles. The number of nitrogens with zero attached hydrogens (tertiary/aromatic N) is 2. The predicted octanol–water partition coefficient (Wildman–Crippen LogP) is 2.58. The number of benzene rings is 1. The summed E-state index contributed by atoms with van der Waals surface area (Å²) in [4.78, 5) is 3.90. The maximum absolute atomic E-state index is 10.0. The van der Waals surface area contributed by atoms with Gasteiger partial charge in [0.2, 0.25) is 5.28 Å². The minimum atomic E-state index is -0.563. The molecule has 3 nitrogen and oxygen atoms in total. The lowest BCUT2D eigenvalue weighted by Crippen LogP contribution is -2.08. The van der Waals surface area contributed by atoms with Crippen molar-refractivity contribution in [2.45, 2.75) is 19.6 Å². The van der Waals surface area contributed by atoms with E-state index >= 15 is 0 Å². The van der Waals surface area contributed by atoms with E-state index in [0.29, 0.717) is 11.8 Å². The third-order valence-electron chi connectivity index (χ3n) is 2.46. The van der Waals surface area contributed by atoms with E-state index in [-0.39, 0.29) is 0 Å². The van der Waals surface area contributed by atoms with Gasteiger partial charge in [-0.1, -0.05) is 29.8 Å². The van der Waals surface area contributed by atoms with E-state index < -0.39 is 6.10 Å². The molecule has 0 spiro atoms. The van der Waals surface area contributed by atoms with Crippen LogP contribution in [0.1, 0.15) is 17.2 Å². The molecule has 0 amide bonds. The van der Waals surface area contributed by atoms with Gasteiger partial charge in [-0.25, -0.2) is 4.98 Å². The van der Waals surface area contributed by atoms with Gasteiger partial charge >= 0.3 is 0 Å². The first-order valence-electron chi connectivity index (χ1n) is 5.08. The lowest BCUT2D eigenvalue weighted by atomic mass is 10.1. The van der Waals surface area contributed by atoms with E-state index in [0.717, 1.165) is 11.1 Å². The molecule has 0 aliphatic rings. The van der Waals surface area contributed by atoms with E-state index in [1.54, 1.807) is 17.0 Å². The van der Waals surface area contributed by atoms with E-state index in [2.05, 4.69) is 4.98 Å². The second-order valence-electron chi connectivity index (χ2n) is 3.78. The van der Waals surface area contributed by atoms with Crippen molar-refractivity contribution >= 4 is 11.6 Å². The van der Waals surface area contributed by atoms with Crippen molar-refractivity contribution in [1.82, 2.24) is 9.55 Å². The van der Waals surface area contributed by atoms with Crippen LogP contribution in [0.25, 0.3) is 0 Å². The third kappa shape index (κ3) is 2.43. The Hall–Kier alpha value is -1.32. The molecule has 0 radical (unpaired) electrons. The van der Waals surface area contributed by atoms with Crippen LogP contribution < -0.4 is 0 Å². The number of aromatic nitrogens is 2. The fraction of sp³-hybridized carbons (Fsp3) is 0.250. The highest BCUT2D eigenvalue weighted by atomic mass is 35.5. The van der Waals surface area contributed by atoms with Crippen LogP contribution in [0.3, 0.4) is 0 Å². The molecule has 1 unspecified atom stereocenters. The molecule has 1 heterocycles. The zero-order valence-electron chi connectivity index (χ0n) is 8.97. The highest BCUT2D eigenvalue weighted by Crippen LogP contribution is 2.18. The molecule has 0 aliphatic heterocycles. The third-order valence-corrected chi connectivity index (χ3v) is 2.78. The second kappa shape index (κ2) is 4.68. The molecule has 2 aromatic rings. The summed E-state index contributed by atoms with van der Waals surface area (Å²) >= 11 is 5.84. The lowest BCUT2D eigenvalue weighted by Gasteiger charge is -2.12. The molecule has 2 rings (SSSR count). The molecule has 4 heteroatoms. The highest BCUT2D eigenvalue weighted by molar-refractivity contribution is 6.28. The van der Waals surface area contributed by atoms with Gasteiger partial charge < -0.3 is 9.67 Å². The maximum Gasteiger partial charge on any atom is 0.202 e. The maximum atomic E-state index is 10.0. The molecule has 1 aromatic carbocycles. The summed E-state index contributed by atoms with van der Waals surface area (Å²) in [5.41, 5.74) is 2.03. The minimum Gasteiger partial charge on any atom is -0.387 e. The Labute approximate surface area is 99.3 Å². The number of rotatable bonds is 3. The van der Waals surface area contributed by atoms with Gasteiger partial charge in [0, 0.05) is 12.4 Å². The van der Waals surface area contributed by atoms with Crippen molar-refractivity contribution in [3.05, 3.63) is 53.1 Å². The Balaban J connectivity index is 2.14. The average Bonchev–Trinajstić information content (AvgIpc) is 2.64. The van der Waals surface area contributed by atoms with Crippen LogP contribution in [0.2, 0.25) is 5.28 Å². The van der Waals surface area contributed by atoms with Crippen molar-refractivity contribution in [3.8, 4) is 0 Å². The monoisotopic (exact) mass is 236 g/mol. The largest absolute Gasteiger partial charge is 0.387 e. The Kier molecular flexibility index (Phi) is 3.27. The summed E-state index contributed by atoms with van der Waals surface area (Å²) in [7, 11) is 0. The van der Waals surface area contributed by atoms with Crippen molar-refractivity contribution < 1.29 is 5.11 Å². The Morgan fingerprint density at radius 1 is 1.50 bits per heavy atom. The molecule has 0 fully saturated rings. The van der Waals surface area contributed by atoms with Gasteiger partial charge in [-0.3, -0.25) is 0 Å². The smallest absolute Gasteiger partial charge is 0.202 e. The van der Waals surface area contributed by atoms with Crippen molar-refractivity contribution in [3.63, 3.8) is 0 Å². The molecule has 0 bridgehead atoms. The fourth-order valence-electron chi connectivity index (χ4n) is 1.62. The van der Waals surface area contributed by atoms with E-state index in [1.807, 2.05) is 31.2 Å². The Bertz CT molecular complexity index is 481. The van der Waals surface area contributed by atoms with Crippen LogP contribution in [-0.2, 0) is 6.54 Å². The average molecular weight is 237 g/mol. The number of aliphatic hydroxyl groups is 1. The van der Waals surface area contributed by atoms with Gasteiger partial charge in [-0.2, -0.15) is 0 Å². The molecule has 1 atom stereocenters. The first kappa shape index (κ1) is 11.2. The number of imidazole rings is 1. The number of halogens is 1. The quantitative estimate of drug-likeness (QED) is 0.890. The van der Waals surface area contributed by atoms with E-state index in [1.165, 1.54) is 0 Å². The zero-order valence-corrected chi connectivity index (χ0v) is 9.72. The molecule has 1 N–H and O–H groups in total. The molecule has 84 valence electrons. The van der Waals surface area contributed by atoms with Gasteiger partial charge in [-0.05, 0) is 24.1 Å². The Morgan fingerprint density at radius 2 is 2.31 bits per heavy atom. The number of aliphatic hydroxyl groups excluding tert-OH is 1. The summed E-state index contributed by atoms with van der Waals surface area (Å²) in [6.07, 6.45) is 2.80. The van der Waals surface area contributed by atoms with Crippen molar-refractivity contribution in [2.24, 2.45) is 0 Å². The SMILES string of the molecule is Cc1cccc(C(O)Cn2ccnc2Cl)c1. The molecule has 1 aromatic heterocycles. The van der Waals surface area contributed by atoms with Crippen LogP contribution in [0, 0.1) is 6.92 Å². The van der Waals surface area contributed by atoms with Crippen molar-refractivity contribution in [1.29, 1.82) is 0 Å². The first-order chi connectivity index (χ1) is 7.66. The van der Waals surface area contributed by atoms with E-state index in [9.17, 15) is 5.11 Å². The first-order valence-corrected chi connectivity index (χ1v) is 5.46. The van der Waals surface area contributed by atoms with Gasteiger partial charge in [0.25, 0.3) is 0 Å². The normalized spacial score (nSPS) is 12.7. The highest BCUT2D eigenvalue weighted by Gasteiger charge is 2.10. The molecule has 0 saturated carbocycles. The fourth-order valence-corrected chi connectivity index (χ4v) is 1.80. The molecular weight excluding hydrogens is 224 g/mol. The van der Waals surface area contributed by atoms with Gasteiger partial charge in [-0.15, -0.1) is 0 Å². The summed E-state index contributed by atoms with van der Waals surface area (Å²) in [6, 6.07) is 7.81. The molecular formula is C12H13ClN2O. The standard InChI is InChI=1S/C12H13ClN2O/c1-9-3-2-4-10(7-9)11(16)8-15-6-5-14-12(15)13/h2-7,11,16H,8H2,1H3. The lowest BCUT2D eigenvalue weighted by molar-refractivity contribution is 0.156. The number of hydrogen-bond acceptors (Lipinski definition) is 2. The Morgan fingerprint density at radius 3 is 2.94 bits per heavy atom. The number of hydrogen-bond donors (Lipinski definition) is 1.